The second-order valence-corrected chi connectivity index (χ2v) is 8.33. The predicted molar refractivity (Wildman–Crippen MR) is 111 cm³/mol. The van der Waals surface area contributed by atoms with Crippen LogP contribution < -0.4 is 14.9 Å². The number of nitrogens with zero attached hydrogens (tertiary/aromatic N) is 2. The van der Waals surface area contributed by atoms with Crippen LogP contribution in [0.15, 0.2) is 62.8 Å². The van der Waals surface area contributed by atoms with E-state index in [1.807, 2.05) is 17.5 Å². The molecule has 1 aliphatic heterocycles. The molecule has 0 aliphatic carbocycles. The van der Waals surface area contributed by atoms with Crippen molar-refractivity contribution < 1.29 is 13.9 Å². The molecule has 0 saturated carbocycles. The summed E-state index contributed by atoms with van der Waals surface area (Å²) in [6.07, 6.45) is 1.52. The molecule has 4 rings (SSSR count). The third-order valence-corrected chi connectivity index (χ3v) is 6.43. The van der Waals surface area contributed by atoms with Crippen LogP contribution in [-0.4, -0.2) is 17.1 Å². The average molecular weight is 429 g/mol. The molecule has 0 unspecified atom stereocenters. The lowest BCUT2D eigenvalue weighted by atomic mass is 10.0. The van der Waals surface area contributed by atoms with Gasteiger partial charge in [0.05, 0.1) is 22.4 Å². The highest BCUT2D eigenvalue weighted by atomic mass is 32.1. The van der Waals surface area contributed by atoms with E-state index in [0.717, 1.165) is 4.88 Å². The maximum absolute atomic E-state index is 14.1. The molecule has 29 heavy (non-hydrogen) atoms. The van der Waals surface area contributed by atoms with Crippen molar-refractivity contribution in [2.75, 3.05) is 6.61 Å². The Kier molecular flexibility index (Phi) is 5.29. The van der Waals surface area contributed by atoms with Gasteiger partial charge in [-0.25, -0.2) is 14.2 Å². The fourth-order valence-corrected chi connectivity index (χ4v) is 5.10. The van der Waals surface area contributed by atoms with Crippen molar-refractivity contribution in [3.05, 3.63) is 89.0 Å². The van der Waals surface area contributed by atoms with E-state index in [9.17, 15) is 14.0 Å². The number of rotatable bonds is 4. The maximum Gasteiger partial charge on any atom is 0.338 e. The Hall–Kier alpha value is -2.84. The lowest BCUT2D eigenvalue weighted by molar-refractivity contribution is -0.139. The quantitative estimate of drug-likeness (QED) is 0.601. The molecule has 0 amide bonds. The number of allylic oxidation sites excluding steroid dienone is 1. The minimum atomic E-state index is -0.618. The van der Waals surface area contributed by atoms with Crippen molar-refractivity contribution in [1.29, 1.82) is 0 Å². The van der Waals surface area contributed by atoms with Crippen LogP contribution in [0.5, 0.6) is 0 Å². The molecular formula is C21H17FN2O3S2. The zero-order valence-electron chi connectivity index (χ0n) is 15.7. The van der Waals surface area contributed by atoms with E-state index in [1.54, 1.807) is 32.0 Å². The van der Waals surface area contributed by atoms with Gasteiger partial charge in [0.15, 0.2) is 4.80 Å². The van der Waals surface area contributed by atoms with Crippen molar-refractivity contribution >= 4 is 34.7 Å². The number of thiazole rings is 1. The first kappa shape index (κ1) is 19.5. The summed E-state index contributed by atoms with van der Waals surface area (Å²) in [4.78, 5) is 31.7. The van der Waals surface area contributed by atoms with Gasteiger partial charge >= 0.3 is 5.97 Å². The smallest absolute Gasteiger partial charge is 0.338 e. The summed E-state index contributed by atoms with van der Waals surface area (Å²) in [5, 5.41) is 1.89. The number of hydrogen-bond acceptors (Lipinski definition) is 6. The molecule has 0 N–H and O–H groups in total. The predicted octanol–water partition coefficient (Wildman–Crippen LogP) is 3.00. The topological polar surface area (TPSA) is 60.7 Å². The van der Waals surface area contributed by atoms with Crippen LogP contribution in [-0.2, 0) is 9.53 Å². The van der Waals surface area contributed by atoms with Crippen molar-refractivity contribution in [3.8, 4) is 0 Å². The molecule has 0 fully saturated rings. The number of carbonyl (C=O) groups is 1. The fourth-order valence-electron chi connectivity index (χ4n) is 3.24. The number of aromatic nitrogens is 1. The highest BCUT2D eigenvalue weighted by Crippen LogP contribution is 2.33. The standard InChI is InChI=1S/C21H17FN2O3S2/c1-3-27-20(26)17-12(2)23-21-24(18(17)15-9-6-10-28-15)19(25)16(29-21)11-13-7-4-5-8-14(13)22/h4-11,18H,3H2,1-2H3/b16-11+/t18-/m0/s1. The van der Waals surface area contributed by atoms with Gasteiger partial charge in [0, 0.05) is 10.4 Å². The minimum Gasteiger partial charge on any atom is -0.463 e. The molecule has 1 aromatic carbocycles. The Morgan fingerprint density at radius 2 is 2.10 bits per heavy atom. The number of esters is 1. The van der Waals surface area contributed by atoms with Crippen LogP contribution in [0.2, 0.25) is 0 Å². The van der Waals surface area contributed by atoms with Crippen LogP contribution in [0, 0.1) is 5.82 Å². The van der Waals surface area contributed by atoms with Gasteiger partial charge in [0.1, 0.15) is 11.9 Å². The second-order valence-electron chi connectivity index (χ2n) is 6.34. The monoisotopic (exact) mass is 428 g/mol. The van der Waals surface area contributed by atoms with E-state index in [-0.39, 0.29) is 12.2 Å². The number of hydrogen-bond donors (Lipinski definition) is 0. The average Bonchev–Trinajstić information content (AvgIpc) is 3.32. The summed E-state index contributed by atoms with van der Waals surface area (Å²) in [6, 6.07) is 9.39. The largest absolute Gasteiger partial charge is 0.463 e. The molecule has 8 heteroatoms. The number of halogens is 1. The van der Waals surface area contributed by atoms with Gasteiger partial charge in [-0.2, -0.15) is 0 Å². The molecule has 1 atom stereocenters. The van der Waals surface area contributed by atoms with Crippen LogP contribution in [0.1, 0.15) is 30.3 Å². The molecule has 0 radical (unpaired) electrons. The SMILES string of the molecule is CCOC(=O)C1=C(C)N=c2s/c(=C/c3ccccc3F)c(=O)n2[C@H]1c1cccs1. The van der Waals surface area contributed by atoms with Gasteiger partial charge in [0.2, 0.25) is 0 Å². The summed E-state index contributed by atoms with van der Waals surface area (Å²) in [6.45, 7) is 3.70. The molecule has 3 heterocycles. The van der Waals surface area contributed by atoms with Gasteiger partial charge in [-0.3, -0.25) is 9.36 Å². The number of fused-ring (bicyclic) bond motifs is 1. The van der Waals surface area contributed by atoms with Crippen molar-refractivity contribution in [3.63, 3.8) is 0 Å². The van der Waals surface area contributed by atoms with Crippen LogP contribution >= 0.6 is 22.7 Å². The van der Waals surface area contributed by atoms with Crippen molar-refractivity contribution in [2.24, 2.45) is 4.99 Å². The van der Waals surface area contributed by atoms with Crippen LogP contribution in [0.4, 0.5) is 4.39 Å². The summed E-state index contributed by atoms with van der Waals surface area (Å²) in [7, 11) is 0. The van der Waals surface area contributed by atoms with Gasteiger partial charge in [0.25, 0.3) is 5.56 Å². The van der Waals surface area contributed by atoms with Crippen molar-refractivity contribution in [2.45, 2.75) is 19.9 Å². The third-order valence-electron chi connectivity index (χ3n) is 4.52. The Balaban J connectivity index is 1.96. The first-order chi connectivity index (χ1) is 14.0. The Bertz CT molecular complexity index is 1290. The molecule has 0 saturated heterocycles. The molecule has 1 aliphatic rings. The number of ether oxygens (including phenoxy) is 1. The zero-order chi connectivity index (χ0) is 20.5. The third kappa shape index (κ3) is 3.49. The Labute approximate surface area is 173 Å². The van der Waals surface area contributed by atoms with E-state index in [2.05, 4.69) is 4.99 Å². The lowest BCUT2D eigenvalue weighted by Gasteiger charge is -2.23. The molecular weight excluding hydrogens is 411 g/mol. The van der Waals surface area contributed by atoms with E-state index in [1.165, 1.54) is 39.4 Å². The summed E-state index contributed by atoms with van der Waals surface area (Å²) >= 11 is 2.63. The molecule has 148 valence electrons. The van der Waals surface area contributed by atoms with Gasteiger partial charge in [-0.1, -0.05) is 35.6 Å². The summed E-state index contributed by atoms with van der Waals surface area (Å²) in [5.41, 5.74) is 0.871. The number of carbonyl (C=O) groups excluding carboxylic acids is 1. The fraction of sp³-hybridized carbons (Fsp3) is 0.190. The lowest BCUT2D eigenvalue weighted by Crippen LogP contribution is -2.39. The van der Waals surface area contributed by atoms with E-state index >= 15 is 0 Å². The number of benzene rings is 1. The first-order valence-electron chi connectivity index (χ1n) is 8.99. The maximum atomic E-state index is 14.1. The van der Waals surface area contributed by atoms with E-state index < -0.39 is 17.8 Å². The normalized spacial score (nSPS) is 16.5. The molecule has 3 aromatic rings. The first-order valence-corrected chi connectivity index (χ1v) is 10.7. The minimum absolute atomic E-state index is 0.227. The highest BCUT2D eigenvalue weighted by Gasteiger charge is 2.33. The second kappa shape index (κ2) is 7.88. The molecule has 0 spiro atoms. The van der Waals surface area contributed by atoms with Crippen LogP contribution in [0.3, 0.4) is 0 Å². The Morgan fingerprint density at radius 3 is 2.79 bits per heavy atom. The zero-order valence-corrected chi connectivity index (χ0v) is 17.3. The number of thiophene rings is 1. The van der Waals surface area contributed by atoms with Gasteiger partial charge in [-0.15, -0.1) is 11.3 Å². The highest BCUT2D eigenvalue weighted by molar-refractivity contribution is 7.10. The summed E-state index contributed by atoms with van der Waals surface area (Å²) < 4.78 is 21.2. The summed E-state index contributed by atoms with van der Waals surface area (Å²) in [5.74, 6) is -0.896. The molecule has 0 bridgehead atoms. The Morgan fingerprint density at radius 1 is 1.31 bits per heavy atom. The van der Waals surface area contributed by atoms with E-state index in [0.29, 0.717) is 26.2 Å². The van der Waals surface area contributed by atoms with Crippen LogP contribution in [0.25, 0.3) is 6.08 Å². The van der Waals surface area contributed by atoms with Gasteiger partial charge < -0.3 is 4.74 Å². The molecule has 5 nitrogen and oxygen atoms in total. The molecule has 2 aromatic heterocycles. The van der Waals surface area contributed by atoms with Crippen molar-refractivity contribution in [1.82, 2.24) is 4.57 Å². The van der Waals surface area contributed by atoms with E-state index in [4.69, 9.17) is 4.74 Å². The van der Waals surface area contributed by atoms with Gasteiger partial charge in [-0.05, 0) is 37.4 Å².